The molecule has 8 N–H and O–H groups in total. The number of methoxy groups -OCH3 is 1. The number of ether oxygens (including phenoxy) is 3. The van der Waals surface area contributed by atoms with Gasteiger partial charge in [0.1, 0.15) is 30.5 Å². The maximum atomic E-state index is 10.1. The van der Waals surface area contributed by atoms with Crippen molar-refractivity contribution in [1.29, 1.82) is 0 Å². The Kier molecular flexibility index (Phi) is 10.4. The third-order valence-electron chi connectivity index (χ3n) is 5.27. The molecule has 0 aliphatic carbocycles. The fraction of sp³-hybridized carbons (Fsp3) is 0.941. The molecule has 0 spiro atoms. The predicted molar refractivity (Wildman–Crippen MR) is 112 cm³/mol. The van der Waals surface area contributed by atoms with Crippen molar-refractivity contribution < 1.29 is 44.8 Å². The molecular weight excluding hydrogens is 440 g/mol. The highest BCUT2D eigenvalue weighted by atomic mass is 32.2. The van der Waals surface area contributed by atoms with Crippen LogP contribution in [0.4, 0.5) is 0 Å². The minimum Gasteiger partial charge on any atom is -0.394 e. The van der Waals surface area contributed by atoms with E-state index in [4.69, 9.17) is 26.4 Å². The van der Waals surface area contributed by atoms with Crippen molar-refractivity contribution in [2.24, 2.45) is 5.92 Å². The molecule has 10 atom stereocenters. The minimum absolute atomic E-state index is 0.181. The zero-order valence-corrected chi connectivity index (χ0v) is 18.5. The van der Waals surface area contributed by atoms with Crippen LogP contribution in [-0.4, -0.2) is 123 Å². The number of aliphatic hydroxyl groups excluding tert-OH is 6. The molecule has 0 aromatic heterocycles. The van der Waals surface area contributed by atoms with Crippen LogP contribution < -0.4 is 10.6 Å². The Morgan fingerprint density at radius 2 is 1.70 bits per heavy atom. The molecular formula is C17H32N2O9S2. The summed E-state index contributed by atoms with van der Waals surface area (Å²) in [6, 6.07) is 0. The van der Waals surface area contributed by atoms with Gasteiger partial charge in [0, 0.05) is 31.1 Å². The maximum absolute atomic E-state index is 10.1. The van der Waals surface area contributed by atoms with Crippen LogP contribution in [0.1, 0.15) is 6.92 Å². The summed E-state index contributed by atoms with van der Waals surface area (Å²) in [6.07, 6.45) is -9.58. The summed E-state index contributed by atoms with van der Waals surface area (Å²) in [7, 11) is 1.41. The molecule has 2 heterocycles. The fourth-order valence-electron chi connectivity index (χ4n) is 3.29. The molecule has 13 heteroatoms. The maximum Gasteiger partial charge on any atom is 0.186 e. The van der Waals surface area contributed by atoms with E-state index in [-0.39, 0.29) is 17.1 Å². The average molecular weight is 473 g/mol. The number of hydrogen-bond donors (Lipinski definition) is 8. The average Bonchev–Trinajstić information content (AvgIpc) is 2.73. The van der Waals surface area contributed by atoms with Crippen LogP contribution in [0.2, 0.25) is 0 Å². The molecule has 2 saturated heterocycles. The quantitative estimate of drug-likeness (QED) is 0.131. The van der Waals surface area contributed by atoms with Gasteiger partial charge >= 0.3 is 0 Å². The van der Waals surface area contributed by atoms with E-state index >= 15 is 0 Å². The van der Waals surface area contributed by atoms with E-state index in [2.05, 4.69) is 10.6 Å². The van der Waals surface area contributed by atoms with Crippen molar-refractivity contribution in [2.75, 3.05) is 31.8 Å². The van der Waals surface area contributed by atoms with Gasteiger partial charge in [0.25, 0.3) is 0 Å². The molecule has 30 heavy (non-hydrogen) atoms. The van der Waals surface area contributed by atoms with Crippen molar-refractivity contribution in [3.8, 4) is 0 Å². The zero-order chi connectivity index (χ0) is 22.4. The normalized spacial score (nSPS) is 42.0. The highest BCUT2D eigenvalue weighted by Gasteiger charge is 2.44. The van der Waals surface area contributed by atoms with Gasteiger partial charge in [-0.1, -0.05) is 6.92 Å². The Morgan fingerprint density at radius 1 is 1.00 bits per heavy atom. The summed E-state index contributed by atoms with van der Waals surface area (Å²) in [5.74, 6) is 0.986. The Bertz CT molecular complexity index is 545. The first-order valence-electron chi connectivity index (χ1n) is 9.68. The van der Waals surface area contributed by atoms with Crippen LogP contribution in [0.5, 0.6) is 0 Å². The first-order chi connectivity index (χ1) is 14.2. The molecule has 11 nitrogen and oxygen atoms in total. The van der Waals surface area contributed by atoms with Gasteiger partial charge in [-0.05, 0) is 12.2 Å². The summed E-state index contributed by atoms with van der Waals surface area (Å²) in [5, 5.41) is 64.6. The Labute approximate surface area is 184 Å². The number of nitrogens with one attached hydrogen (secondary N) is 2. The molecule has 2 fully saturated rings. The van der Waals surface area contributed by atoms with E-state index in [1.807, 2.05) is 6.92 Å². The smallest absolute Gasteiger partial charge is 0.186 e. The van der Waals surface area contributed by atoms with Crippen LogP contribution in [-0.2, 0) is 14.2 Å². The SMILES string of the molecule is CO[C@H]1OC(CSCCNC(=S)N[C@H]2OC(CO)[C@@H](O)[C@H](O)C2O)C(C)[C@H](O)C1O. The van der Waals surface area contributed by atoms with Gasteiger partial charge in [0.2, 0.25) is 0 Å². The van der Waals surface area contributed by atoms with Gasteiger partial charge < -0.3 is 55.5 Å². The molecule has 176 valence electrons. The van der Waals surface area contributed by atoms with Gasteiger partial charge in [-0.2, -0.15) is 11.8 Å². The molecule has 5 unspecified atom stereocenters. The zero-order valence-electron chi connectivity index (χ0n) is 16.8. The highest BCUT2D eigenvalue weighted by Crippen LogP contribution is 2.28. The Hall–Kier alpha value is -0.320. The summed E-state index contributed by atoms with van der Waals surface area (Å²) in [4.78, 5) is 0. The Morgan fingerprint density at radius 3 is 2.33 bits per heavy atom. The second kappa shape index (κ2) is 12.1. The second-order valence-corrected chi connectivity index (χ2v) is 8.90. The molecule has 2 aliphatic rings. The molecule has 0 bridgehead atoms. The Balaban J connectivity index is 1.69. The lowest BCUT2D eigenvalue weighted by atomic mass is 9.91. The standard InChI is InChI=1S/C17H32N2O9S2/c1-7-9(28-16(26-2)14(25)10(7)21)6-30-4-3-18-17(29)19-15-13(24)12(23)11(22)8(5-20)27-15/h7-16,20-25H,3-6H2,1-2H3,(H2,18,19,29)/t7?,8?,9?,10-,11+,12-,13?,14?,15-,16-/m0/s1. The topological polar surface area (TPSA) is 173 Å². The molecule has 2 rings (SSSR count). The molecule has 2 aliphatic heterocycles. The summed E-state index contributed by atoms with van der Waals surface area (Å²) in [5.41, 5.74) is 0. The van der Waals surface area contributed by atoms with Crippen LogP contribution in [0.15, 0.2) is 0 Å². The minimum atomic E-state index is -1.48. The summed E-state index contributed by atoms with van der Waals surface area (Å²) in [6.45, 7) is 1.77. The van der Waals surface area contributed by atoms with E-state index < -0.39 is 55.7 Å². The third kappa shape index (κ3) is 6.36. The van der Waals surface area contributed by atoms with Gasteiger partial charge in [0.15, 0.2) is 17.6 Å². The van der Waals surface area contributed by atoms with Crippen LogP contribution in [0.25, 0.3) is 0 Å². The number of rotatable bonds is 8. The van der Waals surface area contributed by atoms with E-state index in [9.17, 15) is 30.6 Å². The molecule has 0 aromatic carbocycles. The van der Waals surface area contributed by atoms with Crippen molar-refractivity contribution in [1.82, 2.24) is 10.6 Å². The number of aliphatic hydroxyl groups is 6. The monoisotopic (exact) mass is 472 g/mol. The fourth-order valence-corrected chi connectivity index (χ4v) is 4.54. The van der Waals surface area contributed by atoms with E-state index in [0.29, 0.717) is 18.1 Å². The van der Waals surface area contributed by atoms with Gasteiger partial charge in [0.05, 0.1) is 18.8 Å². The van der Waals surface area contributed by atoms with E-state index in [0.717, 1.165) is 0 Å². The molecule has 0 radical (unpaired) electrons. The van der Waals surface area contributed by atoms with Crippen molar-refractivity contribution in [2.45, 2.75) is 62.2 Å². The highest BCUT2D eigenvalue weighted by molar-refractivity contribution is 7.99. The lowest BCUT2D eigenvalue weighted by Gasteiger charge is -2.40. The van der Waals surface area contributed by atoms with Gasteiger partial charge in [-0.25, -0.2) is 0 Å². The summed E-state index contributed by atoms with van der Waals surface area (Å²) < 4.78 is 16.1. The van der Waals surface area contributed by atoms with Crippen LogP contribution >= 0.6 is 24.0 Å². The van der Waals surface area contributed by atoms with Gasteiger partial charge in [-0.15, -0.1) is 0 Å². The third-order valence-corrected chi connectivity index (χ3v) is 6.59. The van der Waals surface area contributed by atoms with Crippen molar-refractivity contribution >= 4 is 29.1 Å². The molecule has 0 amide bonds. The van der Waals surface area contributed by atoms with Crippen LogP contribution in [0.3, 0.4) is 0 Å². The second-order valence-electron chi connectivity index (χ2n) is 7.34. The molecule has 0 aromatic rings. The first kappa shape index (κ1) is 25.9. The van der Waals surface area contributed by atoms with E-state index in [1.165, 1.54) is 7.11 Å². The number of thiocarbonyl (C=S) groups is 1. The largest absolute Gasteiger partial charge is 0.394 e. The summed E-state index contributed by atoms with van der Waals surface area (Å²) >= 11 is 6.72. The van der Waals surface area contributed by atoms with Crippen molar-refractivity contribution in [3.05, 3.63) is 0 Å². The number of thioether (sulfide) groups is 1. The predicted octanol–water partition coefficient (Wildman–Crippen LogP) is -3.29. The van der Waals surface area contributed by atoms with Crippen molar-refractivity contribution in [3.63, 3.8) is 0 Å². The first-order valence-corrected chi connectivity index (χ1v) is 11.2. The molecule has 0 saturated carbocycles. The lowest BCUT2D eigenvalue weighted by molar-refractivity contribution is -0.270. The lowest BCUT2D eigenvalue weighted by Crippen LogP contribution is -2.64. The van der Waals surface area contributed by atoms with Gasteiger partial charge in [-0.3, -0.25) is 0 Å². The van der Waals surface area contributed by atoms with Crippen LogP contribution in [0, 0.1) is 5.92 Å². The van der Waals surface area contributed by atoms with E-state index in [1.54, 1.807) is 11.8 Å². The number of hydrogen-bond acceptors (Lipinski definition) is 11.